The van der Waals surface area contributed by atoms with Crippen molar-refractivity contribution < 1.29 is 14.3 Å². The normalized spacial score (nSPS) is 27.7. The third kappa shape index (κ3) is 2.54. The van der Waals surface area contributed by atoms with E-state index in [1.54, 1.807) is 4.90 Å². The van der Waals surface area contributed by atoms with E-state index in [0.717, 1.165) is 16.5 Å². The van der Waals surface area contributed by atoms with Crippen molar-refractivity contribution in [1.82, 2.24) is 9.88 Å². The fourth-order valence-corrected chi connectivity index (χ4v) is 4.47. The standard InChI is InChI=1S/C19H19ClN2O3/c1-25-18(24)19(20)9-12-6-7-16(19)22(11-12)17(23)8-13-10-21-15-5-3-2-4-14(13)15/h2-7,10,12,16,21H,8-9,11H2,1H3. The van der Waals surface area contributed by atoms with Crippen molar-refractivity contribution in [1.29, 1.82) is 0 Å². The number of carbonyl (C=O) groups is 2. The van der Waals surface area contributed by atoms with Crippen LogP contribution >= 0.6 is 11.6 Å². The maximum atomic E-state index is 13.0. The number of H-pyrrole nitrogens is 1. The Hall–Kier alpha value is -2.27. The predicted octanol–water partition coefficient (Wildman–Crippen LogP) is 2.65. The lowest BCUT2D eigenvalue weighted by Crippen LogP contribution is -2.63. The fraction of sp³-hybridized carbons (Fsp3) is 0.368. The van der Waals surface area contributed by atoms with E-state index in [2.05, 4.69) is 4.98 Å². The maximum absolute atomic E-state index is 13.0. The molecule has 1 N–H and O–H groups in total. The number of aromatic nitrogens is 1. The summed E-state index contributed by atoms with van der Waals surface area (Å²) in [6, 6.07) is 7.42. The predicted molar refractivity (Wildman–Crippen MR) is 95.4 cm³/mol. The van der Waals surface area contributed by atoms with E-state index in [1.807, 2.05) is 42.6 Å². The molecule has 6 heteroatoms. The molecule has 25 heavy (non-hydrogen) atoms. The molecule has 0 spiro atoms. The van der Waals surface area contributed by atoms with Crippen LogP contribution in [0.1, 0.15) is 12.0 Å². The summed E-state index contributed by atoms with van der Waals surface area (Å²) < 4.78 is 4.89. The Balaban J connectivity index is 1.60. The molecule has 130 valence electrons. The van der Waals surface area contributed by atoms with Crippen LogP contribution in [0.5, 0.6) is 0 Å². The second kappa shape index (κ2) is 5.92. The van der Waals surface area contributed by atoms with Crippen LogP contribution in [0.3, 0.4) is 0 Å². The summed E-state index contributed by atoms with van der Waals surface area (Å²) in [7, 11) is 1.33. The topological polar surface area (TPSA) is 62.4 Å². The summed E-state index contributed by atoms with van der Waals surface area (Å²) in [6.45, 7) is 0.591. The van der Waals surface area contributed by atoms with E-state index >= 15 is 0 Å². The summed E-state index contributed by atoms with van der Waals surface area (Å²) in [4.78, 5) is 28.9. The third-order valence-corrected chi connectivity index (χ3v) is 5.75. The van der Waals surface area contributed by atoms with Gasteiger partial charge in [0.05, 0.1) is 19.6 Å². The van der Waals surface area contributed by atoms with Gasteiger partial charge in [0.15, 0.2) is 4.87 Å². The number of esters is 1. The van der Waals surface area contributed by atoms with E-state index in [-0.39, 0.29) is 18.2 Å². The number of alkyl halides is 1. The molecule has 1 aliphatic carbocycles. The van der Waals surface area contributed by atoms with Crippen LogP contribution in [0, 0.1) is 5.92 Å². The number of nitrogens with one attached hydrogen (secondary N) is 1. The first-order valence-corrected chi connectivity index (χ1v) is 8.71. The Morgan fingerprint density at radius 2 is 2.16 bits per heavy atom. The molecule has 5 rings (SSSR count). The first kappa shape index (κ1) is 16.2. The van der Waals surface area contributed by atoms with Gasteiger partial charge in [0.2, 0.25) is 5.91 Å². The van der Waals surface area contributed by atoms with E-state index in [1.165, 1.54) is 7.11 Å². The molecule has 1 saturated heterocycles. The number of para-hydroxylation sites is 1. The van der Waals surface area contributed by atoms with Gasteiger partial charge in [-0.25, -0.2) is 0 Å². The average Bonchev–Trinajstić information content (AvgIpc) is 3.04. The monoisotopic (exact) mass is 358 g/mol. The van der Waals surface area contributed by atoms with E-state index in [9.17, 15) is 9.59 Å². The van der Waals surface area contributed by atoms with Crippen molar-refractivity contribution >= 4 is 34.4 Å². The summed E-state index contributed by atoms with van der Waals surface area (Å²) in [6.07, 6.45) is 6.56. The number of fused-ring (bicyclic) bond motifs is 3. The Kier molecular flexibility index (Phi) is 3.84. The SMILES string of the molecule is COC(=O)C1(Cl)CC2C=CC1N(C(=O)Cc1c[nH]c3ccccc13)C2. The summed E-state index contributed by atoms with van der Waals surface area (Å²) in [5.41, 5.74) is 1.95. The van der Waals surface area contributed by atoms with Gasteiger partial charge in [0.25, 0.3) is 0 Å². The minimum Gasteiger partial charge on any atom is -0.468 e. The lowest BCUT2D eigenvalue weighted by Gasteiger charge is -2.49. The van der Waals surface area contributed by atoms with E-state index in [0.29, 0.717) is 13.0 Å². The number of halogens is 1. The minimum atomic E-state index is -1.19. The van der Waals surface area contributed by atoms with Gasteiger partial charge in [-0.1, -0.05) is 30.4 Å². The van der Waals surface area contributed by atoms with E-state index < -0.39 is 16.9 Å². The van der Waals surface area contributed by atoms with Crippen LogP contribution in [0.4, 0.5) is 0 Å². The number of hydrogen-bond acceptors (Lipinski definition) is 3. The first-order valence-electron chi connectivity index (χ1n) is 8.33. The van der Waals surface area contributed by atoms with Gasteiger partial charge < -0.3 is 14.6 Å². The van der Waals surface area contributed by atoms with Gasteiger partial charge in [-0.15, -0.1) is 11.6 Å². The van der Waals surface area contributed by atoms with Gasteiger partial charge >= 0.3 is 5.97 Å². The van der Waals surface area contributed by atoms with Gasteiger partial charge in [-0.05, 0) is 24.0 Å². The van der Waals surface area contributed by atoms with Crippen LogP contribution in [-0.4, -0.2) is 46.3 Å². The number of rotatable bonds is 3. The number of piperidine rings is 1. The van der Waals surface area contributed by atoms with Crippen molar-refractivity contribution in [3.05, 3.63) is 48.2 Å². The second-order valence-electron chi connectivity index (χ2n) is 6.73. The second-order valence-corrected chi connectivity index (χ2v) is 7.40. The Morgan fingerprint density at radius 3 is 2.92 bits per heavy atom. The quantitative estimate of drug-likeness (QED) is 0.521. The molecule has 1 fully saturated rings. The molecular weight excluding hydrogens is 340 g/mol. The molecule has 5 nitrogen and oxygen atoms in total. The molecule has 0 radical (unpaired) electrons. The zero-order chi connectivity index (χ0) is 17.6. The molecule has 0 saturated carbocycles. The van der Waals surface area contributed by atoms with Crippen molar-refractivity contribution in [3.63, 3.8) is 0 Å². The number of methoxy groups -OCH3 is 1. The minimum absolute atomic E-state index is 0.0299. The number of benzene rings is 1. The molecule has 2 bridgehead atoms. The van der Waals surface area contributed by atoms with Crippen molar-refractivity contribution in [3.8, 4) is 0 Å². The van der Waals surface area contributed by atoms with Crippen LogP contribution in [0.2, 0.25) is 0 Å². The van der Waals surface area contributed by atoms with Gasteiger partial charge in [-0.2, -0.15) is 0 Å². The van der Waals surface area contributed by atoms with Gasteiger partial charge in [0, 0.05) is 23.6 Å². The van der Waals surface area contributed by atoms with Crippen molar-refractivity contribution in [2.24, 2.45) is 5.92 Å². The Labute approximate surface area is 150 Å². The molecule has 3 unspecified atom stereocenters. The van der Waals surface area contributed by atoms with Crippen LogP contribution in [0.25, 0.3) is 10.9 Å². The highest BCUT2D eigenvalue weighted by Gasteiger charge is 2.54. The lowest BCUT2D eigenvalue weighted by atomic mass is 9.76. The van der Waals surface area contributed by atoms with Crippen LogP contribution in [-0.2, 0) is 20.7 Å². The largest absolute Gasteiger partial charge is 0.468 e. The summed E-state index contributed by atoms with van der Waals surface area (Å²) >= 11 is 6.61. The number of ether oxygens (including phenoxy) is 1. The highest BCUT2D eigenvalue weighted by molar-refractivity contribution is 6.35. The highest BCUT2D eigenvalue weighted by atomic mass is 35.5. The molecule has 3 heterocycles. The Bertz CT molecular complexity index is 874. The zero-order valence-corrected chi connectivity index (χ0v) is 14.6. The fourth-order valence-electron chi connectivity index (χ4n) is 4.00. The molecule has 2 aliphatic heterocycles. The summed E-state index contributed by atoms with van der Waals surface area (Å²) in [5.74, 6) is -0.427. The van der Waals surface area contributed by atoms with Gasteiger partial charge in [0.1, 0.15) is 0 Å². The third-order valence-electron chi connectivity index (χ3n) is 5.22. The maximum Gasteiger partial charge on any atom is 0.329 e. The zero-order valence-electron chi connectivity index (χ0n) is 13.9. The number of aromatic amines is 1. The van der Waals surface area contributed by atoms with Crippen molar-refractivity contribution in [2.75, 3.05) is 13.7 Å². The Morgan fingerprint density at radius 1 is 1.36 bits per heavy atom. The van der Waals surface area contributed by atoms with Crippen LogP contribution < -0.4 is 0 Å². The van der Waals surface area contributed by atoms with E-state index in [4.69, 9.17) is 16.3 Å². The van der Waals surface area contributed by atoms with Crippen LogP contribution in [0.15, 0.2) is 42.6 Å². The number of hydrogen-bond donors (Lipinski definition) is 1. The molecule has 1 aromatic carbocycles. The summed E-state index contributed by atoms with van der Waals surface area (Å²) in [5, 5.41) is 1.04. The highest BCUT2D eigenvalue weighted by Crippen LogP contribution is 2.43. The number of nitrogens with zero attached hydrogens (tertiary/aromatic N) is 1. The molecule has 1 amide bonds. The molecule has 1 aromatic heterocycles. The van der Waals surface area contributed by atoms with Gasteiger partial charge in [-0.3, -0.25) is 9.59 Å². The smallest absolute Gasteiger partial charge is 0.329 e. The molecular formula is C19H19ClN2O3. The average molecular weight is 359 g/mol. The molecule has 3 aliphatic rings. The lowest BCUT2D eigenvalue weighted by molar-refractivity contribution is -0.150. The first-order chi connectivity index (χ1) is 12.0. The number of amides is 1. The molecule has 3 atom stereocenters. The number of carbonyl (C=O) groups excluding carboxylic acids is 2. The molecule has 2 aromatic rings. The van der Waals surface area contributed by atoms with Crippen molar-refractivity contribution in [2.45, 2.75) is 23.8 Å².